The van der Waals surface area contributed by atoms with Crippen molar-refractivity contribution in [1.29, 1.82) is 0 Å². The molecule has 2 aromatic rings. The predicted octanol–water partition coefficient (Wildman–Crippen LogP) is 1.28. The van der Waals surface area contributed by atoms with Gasteiger partial charge >= 0.3 is 0 Å². The summed E-state index contributed by atoms with van der Waals surface area (Å²) in [4.78, 5) is 25.7. The average molecular weight is 369 g/mol. The van der Waals surface area contributed by atoms with Crippen LogP contribution in [0.3, 0.4) is 0 Å². The van der Waals surface area contributed by atoms with Crippen molar-refractivity contribution < 1.29 is 9.53 Å². The minimum atomic E-state index is -0.0985. The molecule has 1 saturated heterocycles. The van der Waals surface area contributed by atoms with Gasteiger partial charge in [0.15, 0.2) is 0 Å². The number of nitrogens with one attached hydrogen (secondary N) is 1. The fourth-order valence-electron chi connectivity index (χ4n) is 3.52. The third-order valence-electron chi connectivity index (χ3n) is 4.75. The van der Waals surface area contributed by atoms with Crippen molar-refractivity contribution in [2.45, 2.75) is 12.6 Å². The zero-order valence-corrected chi connectivity index (χ0v) is 16.1. The van der Waals surface area contributed by atoms with E-state index in [4.69, 9.17) is 4.74 Å². The van der Waals surface area contributed by atoms with Gasteiger partial charge in [-0.05, 0) is 32.3 Å². The SMILES string of the molecule is COc1ccc(C(=O)N[C@@H]2CN(Cc3ccccn3)C[C@H]2CN(C)C)cn1. The van der Waals surface area contributed by atoms with E-state index in [0.29, 0.717) is 17.4 Å². The first-order chi connectivity index (χ1) is 13.0. The number of pyridine rings is 2. The summed E-state index contributed by atoms with van der Waals surface area (Å²) in [5.41, 5.74) is 1.59. The fourth-order valence-corrected chi connectivity index (χ4v) is 3.52. The molecule has 3 rings (SSSR count). The lowest BCUT2D eigenvalue weighted by molar-refractivity contribution is 0.0926. The van der Waals surface area contributed by atoms with Gasteiger partial charge in [-0.15, -0.1) is 0 Å². The second-order valence-corrected chi connectivity index (χ2v) is 7.21. The monoisotopic (exact) mass is 369 g/mol. The Morgan fingerprint density at radius 2 is 2.11 bits per heavy atom. The number of aromatic nitrogens is 2. The molecule has 0 saturated carbocycles. The number of likely N-dealkylation sites (tertiary alicyclic amines) is 1. The van der Waals surface area contributed by atoms with E-state index in [2.05, 4.69) is 39.2 Å². The summed E-state index contributed by atoms with van der Waals surface area (Å²) in [7, 11) is 5.68. The number of ether oxygens (including phenoxy) is 1. The minimum absolute atomic E-state index is 0.0886. The molecule has 0 radical (unpaired) electrons. The molecule has 1 aliphatic rings. The van der Waals surface area contributed by atoms with E-state index in [0.717, 1.165) is 31.9 Å². The molecule has 27 heavy (non-hydrogen) atoms. The molecular formula is C20H27N5O2. The first-order valence-electron chi connectivity index (χ1n) is 9.13. The van der Waals surface area contributed by atoms with Gasteiger partial charge in [0.2, 0.25) is 5.88 Å². The number of hydrogen-bond donors (Lipinski definition) is 1. The van der Waals surface area contributed by atoms with E-state index >= 15 is 0 Å². The summed E-state index contributed by atoms with van der Waals surface area (Å²) >= 11 is 0. The van der Waals surface area contributed by atoms with Crippen LogP contribution >= 0.6 is 0 Å². The Labute approximate surface area is 160 Å². The van der Waals surface area contributed by atoms with Crippen molar-refractivity contribution in [1.82, 2.24) is 25.1 Å². The van der Waals surface area contributed by atoms with Crippen LogP contribution < -0.4 is 10.1 Å². The Balaban J connectivity index is 1.65. The standard InChI is InChI=1S/C20H27N5O2/c1-24(2)11-16-12-25(13-17-6-4-5-9-21-17)14-18(16)23-20(26)15-7-8-19(27-3)22-10-15/h4-10,16,18H,11-14H2,1-3H3,(H,23,26)/t16-,18-/m1/s1. The summed E-state index contributed by atoms with van der Waals surface area (Å²) in [6.45, 7) is 3.46. The number of nitrogens with zero attached hydrogens (tertiary/aromatic N) is 4. The lowest BCUT2D eigenvalue weighted by atomic mass is 10.0. The second-order valence-electron chi connectivity index (χ2n) is 7.21. The summed E-state index contributed by atoms with van der Waals surface area (Å²) in [6.07, 6.45) is 3.37. The molecular weight excluding hydrogens is 342 g/mol. The second kappa shape index (κ2) is 8.92. The van der Waals surface area contributed by atoms with Gasteiger partial charge in [-0.1, -0.05) is 6.07 Å². The molecule has 1 N–H and O–H groups in total. The number of methoxy groups -OCH3 is 1. The highest BCUT2D eigenvalue weighted by Gasteiger charge is 2.34. The molecule has 0 bridgehead atoms. The van der Waals surface area contributed by atoms with Crippen molar-refractivity contribution in [3.8, 4) is 5.88 Å². The van der Waals surface area contributed by atoms with E-state index < -0.39 is 0 Å². The Morgan fingerprint density at radius 1 is 1.26 bits per heavy atom. The Hall–Kier alpha value is -2.51. The quantitative estimate of drug-likeness (QED) is 0.793. The normalized spacial score (nSPS) is 20.0. The number of hydrogen-bond acceptors (Lipinski definition) is 6. The fraction of sp³-hybridized carbons (Fsp3) is 0.450. The van der Waals surface area contributed by atoms with E-state index in [1.807, 2.05) is 24.4 Å². The molecule has 7 nitrogen and oxygen atoms in total. The number of carbonyl (C=O) groups excluding carboxylic acids is 1. The molecule has 1 amide bonds. The molecule has 0 unspecified atom stereocenters. The van der Waals surface area contributed by atoms with Crippen molar-refractivity contribution in [3.05, 3.63) is 54.0 Å². The van der Waals surface area contributed by atoms with Gasteiger partial charge in [0.05, 0.1) is 18.4 Å². The smallest absolute Gasteiger partial charge is 0.253 e. The van der Waals surface area contributed by atoms with Crippen LogP contribution in [-0.4, -0.2) is 72.6 Å². The van der Waals surface area contributed by atoms with Crippen LogP contribution in [0.1, 0.15) is 16.1 Å². The maximum absolute atomic E-state index is 12.7. The van der Waals surface area contributed by atoms with Gasteiger partial charge in [0, 0.05) is 56.6 Å². The average Bonchev–Trinajstić information content (AvgIpc) is 3.02. The third kappa shape index (κ3) is 5.24. The molecule has 2 atom stereocenters. The molecule has 7 heteroatoms. The molecule has 2 aromatic heterocycles. The van der Waals surface area contributed by atoms with E-state index in [-0.39, 0.29) is 11.9 Å². The summed E-state index contributed by atoms with van der Waals surface area (Å²) < 4.78 is 5.05. The molecule has 0 aliphatic carbocycles. The summed E-state index contributed by atoms with van der Waals surface area (Å²) in [5, 5.41) is 3.20. The van der Waals surface area contributed by atoms with Crippen LogP contribution in [-0.2, 0) is 6.54 Å². The predicted molar refractivity (Wildman–Crippen MR) is 104 cm³/mol. The number of carbonyl (C=O) groups is 1. The van der Waals surface area contributed by atoms with Crippen LogP contribution in [0, 0.1) is 5.92 Å². The van der Waals surface area contributed by atoms with E-state index in [9.17, 15) is 4.79 Å². The van der Waals surface area contributed by atoms with Crippen LogP contribution in [0.2, 0.25) is 0 Å². The topological polar surface area (TPSA) is 70.6 Å². The van der Waals surface area contributed by atoms with Crippen molar-refractivity contribution >= 4 is 5.91 Å². The Bertz CT molecular complexity index is 736. The molecule has 0 spiro atoms. The first-order valence-corrected chi connectivity index (χ1v) is 9.13. The highest BCUT2D eigenvalue weighted by molar-refractivity contribution is 5.94. The lowest BCUT2D eigenvalue weighted by Crippen LogP contribution is -2.43. The summed E-state index contributed by atoms with van der Waals surface area (Å²) in [6, 6.07) is 9.50. The van der Waals surface area contributed by atoms with Crippen LogP contribution in [0.15, 0.2) is 42.7 Å². The zero-order valence-electron chi connectivity index (χ0n) is 16.1. The van der Waals surface area contributed by atoms with Gasteiger partial charge < -0.3 is 15.0 Å². The van der Waals surface area contributed by atoms with Gasteiger partial charge in [-0.25, -0.2) is 4.98 Å². The van der Waals surface area contributed by atoms with Gasteiger partial charge in [-0.3, -0.25) is 14.7 Å². The van der Waals surface area contributed by atoms with Gasteiger partial charge in [-0.2, -0.15) is 0 Å². The molecule has 3 heterocycles. The Morgan fingerprint density at radius 3 is 2.74 bits per heavy atom. The molecule has 144 valence electrons. The maximum Gasteiger partial charge on any atom is 0.253 e. The highest BCUT2D eigenvalue weighted by Crippen LogP contribution is 2.20. The van der Waals surface area contributed by atoms with Crippen molar-refractivity contribution in [2.24, 2.45) is 5.92 Å². The molecule has 0 aromatic carbocycles. The van der Waals surface area contributed by atoms with Gasteiger partial charge in [0.25, 0.3) is 5.91 Å². The Kier molecular flexibility index (Phi) is 6.36. The molecule has 1 fully saturated rings. The van der Waals surface area contributed by atoms with E-state index in [1.54, 1.807) is 25.4 Å². The third-order valence-corrected chi connectivity index (χ3v) is 4.75. The number of amides is 1. The van der Waals surface area contributed by atoms with Crippen molar-refractivity contribution in [2.75, 3.05) is 40.8 Å². The highest BCUT2D eigenvalue weighted by atomic mass is 16.5. The zero-order chi connectivity index (χ0) is 19.2. The van der Waals surface area contributed by atoms with Crippen LogP contribution in [0.25, 0.3) is 0 Å². The largest absolute Gasteiger partial charge is 0.481 e. The van der Waals surface area contributed by atoms with Crippen molar-refractivity contribution in [3.63, 3.8) is 0 Å². The van der Waals surface area contributed by atoms with Crippen LogP contribution in [0.4, 0.5) is 0 Å². The summed E-state index contributed by atoms with van der Waals surface area (Å²) in [5.74, 6) is 0.761. The van der Waals surface area contributed by atoms with Crippen LogP contribution in [0.5, 0.6) is 5.88 Å². The minimum Gasteiger partial charge on any atom is -0.481 e. The van der Waals surface area contributed by atoms with Gasteiger partial charge in [0.1, 0.15) is 0 Å². The first kappa shape index (κ1) is 19.3. The molecule has 1 aliphatic heterocycles. The van der Waals surface area contributed by atoms with E-state index in [1.165, 1.54) is 0 Å². The maximum atomic E-state index is 12.7. The number of rotatable bonds is 7. The lowest BCUT2D eigenvalue weighted by Gasteiger charge is -2.23.